The lowest BCUT2D eigenvalue weighted by Crippen LogP contribution is -2.42. The van der Waals surface area contributed by atoms with Crippen LogP contribution in [-0.2, 0) is 11.3 Å². The zero-order valence-corrected chi connectivity index (χ0v) is 12.4. The summed E-state index contributed by atoms with van der Waals surface area (Å²) < 4.78 is 1.73. The lowest BCUT2D eigenvalue weighted by molar-refractivity contribution is -0.142. The molecule has 1 fully saturated rings. The summed E-state index contributed by atoms with van der Waals surface area (Å²) in [6.45, 7) is 2.82. The van der Waals surface area contributed by atoms with Crippen LogP contribution in [0.3, 0.4) is 0 Å². The average molecular weight is 293 g/mol. The highest BCUT2D eigenvalue weighted by Gasteiger charge is 2.30. The number of hydrogen-bond acceptors (Lipinski definition) is 3. The summed E-state index contributed by atoms with van der Waals surface area (Å²) in [5, 5.41) is 16.3. The van der Waals surface area contributed by atoms with Crippen molar-refractivity contribution in [1.29, 1.82) is 0 Å². The second kappa shape index (κ2) is 7.24. The fourth-order valence-corrected chi connectivity index (χ4v) is 2.86. The summed E-state index contributed by atoms with van der Waals surface area (Å²) in [6, 6.07) is -0.285. The van der Waals surface area contributed by atoms with E-state index in [0.717, 1.165) is 38.6 Å². The quantitative estimate of drug-likeness (QED) is 0.814. The van der Waals surface area contributed by atoms with E-state index >= 15 is 0 Å². The van der Waals surface area contributed by atoms with Crippen LogP contribution in [0.5, 0.6) is 0 Å². The van der Waals surface area contributed by atoms with Gasteiger partial charge in [0.2, 0.25) is 0 Å². The molecule has 1 heterocycles. The van der Waals surface area contributed by atoms with E-state index in [1.807, 2.05) is 6.92 Å². The van der Waals surface area contributed by atoms with Crippen LogP contribution in [0.25, 0.3) is 0 Å². The molecule has 1 aromatic heterocycles. The molecule has 1 amide bonds. The Balaban J connectivity index is 2.03. The lowest BCUT2D eigenvalue weighted by atomic mass is 9.94. The van der Waals surface area contributed by atoms with Crippen LogP contribution in [-0.4, -0.2) is 32.8 Å². The third kappa shape index (κ3) is 4.06. The third-order valence-electron chi connectivity index (χ3n) is 4.00. The zero-order valence-electron chi connectivity index (χ0n) is 12.4. The summed E-state index contributed by atoms with van der Waals surface area (Å²) >= 11 is 0. The summed E-state index contributed by atoms with van der Waals surface area (Å²) in [5.74, 6) is -1.53. The molecule has 1 saturated carbocycles. The van der Waals surface area contributed by atoms with Gasteiger partial charge in [0, 0.05) is 18.8 Å². The van der Waals surface area contributed by atoms with E-state index in [-0.39, 0.29) is 11.9 Å². The van der Waals surface area contributed by atoms with E-state index in [9.17, 15) is 14.7 Å². The van der Waals surface area contributed by atoms with Crippen LogP contribution < -0.4 is 5.32 Å². The average Bonchev–Trinajstić information content (AvgIpc) is 2.78. The molecule has 116 valence electrons. The Morgan fingerprint density at radius 1 is 1.38 bits per heavy atom. The molecule has 1 aliphatic carbocycles. The SMILES string of the molecule is CCCn1cc(C(=O)N[C@H]2CCCCC[C@H]2C(=O)O)cn1. The molecule has 0 aromatic carbocycles. The van der Waals surface area contributed by atoms with Gasteiger partial charge in [-0.05, 0) is 19.3 Å². The van der Waals surface area contributed by atoms with Crippen molar-refractivity contribution in [2.45, 2.75) is 58.0 Å². The first-order valence-electron chi connectivity index (χ1n) is 7.68. The van der Waals surface area contributed by atoms with Crippen molar-refractivity contribution in [2.24, 2.45) is 5.92 Å². The molecule has 1 aliphatic rings. The summed E-state index contributed by atoms with van der Waals surface area (Å²) in [5.41, 5.74) is 0.497. The minimum absolute atomic E-state index is 0.226. The highest BCUT2D eigenvalue weighted by Crippen LogP contribution is 2.24. The van der Waals surface area contributed by atoms with Crippen molar-refractivity contribution < 1.29 is 14.7 Å². The molecule has 0 unspecified atom stereocenters. The topological polar surface area (TPSA) is 84.2 Å². The smallest absolute Gasteiger partial charge is 0.308 e. The van der Waals surface area contributed by atoms with Gasteiger partial charge in [-0.25, -0.2) is 0 Å². The summed E-state index contributed by atoms with van der Waals surface area (Å²) in [4.78, 5) is 23.6. The number of amides is 1. The maximum Gasteiger partial charge on any atom is 0.308 e. The number of nitrogens with one attached hydrogen (secondary N) is 1. The Kier molecular flexibility index (Phi) is 5.36. The highest BCUT2D eigenvalue weighted by atomic mass is 16.4. The lowest BCUT2D eigenvalue weighted by Gasteiger charge is -2.22. The summed E-state index contributed by atoms with van der Waals surface area (Å²) in [7, 11) is 0. The predicted octanol–water partition coefficient (Wildman–Crippen LogP) is 2.06. The Hall–Kier alpha value is -1.85. The van der Waals surface area contributed by atoms with Gasteiger partial charge in [-0.3, -0.25) is 14.3 Å². The van der Waals surface area contributed by atoms with Crippen molar-refractivity contribution in [1.82, 2.24) is 15.1 Å². The number of carbonyl (C=O) groups is 2. The number of nitrogens with zero attached hydrogens (tertiary/aromatic N) is 2. The molecule has 6 heteroatoms. The van der Waals surface area contributed by atoms with Gasteiger partial charge in [-0.1, -0.05) is 26.2 Å². The number of aryl methyl sites for hydroxylation is 1. The monoisotopic (exact) mass is 293 g/mol. The first-order chi connectivity index (χ1) is 10.1. The van der Waals surface area contributed by atoms with Crippen LogP contribution in [0.1, 0.15) is 55.8 Å². The van der Waals surface area contributed by atoms with Crippen LogP contribution >= 0.6 is 0 Å². The van der Waals surface area contributed by atoms with Crippen molar-refractivity contribution in [3.63, 3.8) is 0 Å². The molecule has 0 aliphatic heterocycles. The number of carboxylic acid groups (broad SMARTS) is 1. The van der Waals surface area contributed by atoms with Gasteiger partial charge < -0.3 is 10.4 Å². The molecule has 21 heavy (non-hydrogen) atoms. The van der Waals surface area contributed by atoms with E-state index in [4.69, 9.17) is 0 Å². The van der Waals surface area contributed by atoms with Crippen molar-refractivity contribution in [2.75, 3.05) is 0 Å². The van der Waals surface area contributed by atoms with Crippen molar-refractivity contribution >= 4 is 11.9 Å². The normalized spacial score (nSPS) is 22.5. The van der Waals surface area contributed by atoms with Gasteiger partial charge in [0.1, 0.15) is 0 Å². The Bertz CT molecular complexity index is 498. The summed E-state index contributed by atoms with van der Waals surface area (Å²) in [6.07, 6.45) is 8.47. The van der Waals surface area contributed by atoms with Crippen LogP contribution in [0.2, 0.25) is 0 Å². The van der Waals surface area contributed by atoms with E-state index in [0.29, 0.717) is 12.0 Å². The molecule has 6 nitrogen and oxygen atoms in total. The number of rotatable bonds is 5. The second-order valence-corrected chi connectivity index (χ2v) is 5.65. The van der Waals surface area contributed by atoms with E-state index < -0.39 is 11.9 Å². The molecule has 0 saturated heterocycles. The van der Waals surface area contributed by atoms with Crippen LogP contribution in [0.4, 0.5) is 0 Å². The third-order valence-corrected chi connectivity index (χ3v) is 4.00. The van der Waals surface area contributed by atoms with Crippen LogP contribution in [0, 0.1) is 5.92 Å². The largest absolute Gasteiger partial charge is 0.481 e. The number of aliphatic carboxylic acids is 1. The van der Waals surface area contributed by atoms with Crippen molar-refractivity contribution in [3.8, 4) is 0 Å². The van der Waals surface area contributed by atoms with Gasteiger partial charge in [-0.2, -0.15) is 5.10 Å². The fourth-order valence-electron chi connectivity index (χ4n) is 2.86. The molecule has 0 bridgehead atoms. The molecule has 2 atom stereocenters. The van der Waals surface area contributed by atoms with Crippen LogP contribution in [0.15, 0.2) is 12.4 Å². The highest BCUT2D eigenvalue weighted by molar-refractivity contribution is 5.94. The molecule has 2 rings (SSSR count). The first-order valence-corrected chi connectivity index (χ1v) is 7.68. The van der Waals surface area contributed by atoms with E-state index in [2.05, 4.69) is 10.4 Å². The standard InChI is InChI=1S/C15H23N3O3/c1-2-8-18-10-11(9-16-18)14(19)17-13-7-5-3-4-6-12(13)15(20)21/h9-10,12-13H,2-8H2,1H3,(H,17,19)(H,20,21)/t12-,13+/m1/s1. The zero-order chi connectivity index (χ0) is 15.2. The minimum atomic E-state index is -0.816. The van der Waals surface area contributed by atoms with Gasteiger partial charge in [0.05, 0.1) is 17.7 Å². The van der Waals surface area contributed by atoms with E-state index in [1.54, 1.807) is 10.9 Å². The van der Waals surface area contributed by atoms with Gasteiger partial charge in [0.15, 0.2) is 0 Å². The minimum Gasteiger partial charge on any atom is -0.481 e. The fraction of sp³-hybridized carbons (Fsp3) is 0.667. The Morgan fingerprint density at radius 2 is 2.14 bits per heavy atom. The molecular formula is C15H23N3O3. The van der Waals surface area contributed by atoms with Gasteiger partial charge >= 0.3 is 5.97 Å². The first kappa shape index (κ1) is 15.5. The van der Waals surface area contributed by atoms with Gasteiger partial charge in [0.25, 0.3) is 5.91 Å². The maximum absolute atomic E-state index is 12.3. The predicted molar refractivity (Wildman–Crippen MR) is 78.0 cm³/mol. The number of carboxylic acids is 1. The van der Waals surface area contributed by atoms with Crippen molar-refractivity contribution in [3.05, 3.63) is 18.0 Å². The van der Waals surface area contributed by atoms with E-state index in [1.165, 1.54) is 6.20 Å². The van der Waals surface area contributed by atoms with Gasteiger partial charge in [-0.15, -0.1) is 0 Å². The Labute approximate surface area is 124 Å². The molecule has 0 radical (unpaired) electrons. The number of aromatic nitrogens is 2. The molecular weight excluding hydrogens is 270 g/mol. The number of carbonyl (C=O) groups excluding carboxylic acids is 1. The Morgan fingerprint density at radius 3 is 2.86 bits per heavy atom. The molecule has 0 spiro atoms. The number of hydrogen-bond donors (Lipinski definition) is 2. The molecule has 1 aromatic rings. The molecule has 2 N–H and O–H groups in total. The second-order valence-electron chi connectivity index (χ2n) is 5.65. The maximum atomic E-state index is 12.3.